The van der Waals surface area contributed by atoms with Crippen LogP contribution < -0.4 is 10.6 Å². The van der Waals surface area contributed by atoms with Crippen molar-refractivity contribution >= 4 is 29.9 Å². The highest BCUT2D eigenvalue weighted by atomic mass is 127. The summed E-state index contributed by atoms with van der Waals surface area (Å²) in [6.07, 6.45) is 11.4. The second kappa shape index (κ2) is 13.3. The lowest BCUT2D eigenvalue weighted by Crippen LogP contribution is -2.42. The third-order valence-corrected chi connectivity index (χ3v) is 4.85. The summed E-state index contributed by atoms with van der Waals surface area (Å²) in [5.41, 5.74) is 0. The van der Waals surface area contributed by atoms with Crippen molar-refractivity contribution in [2.45, 2.75) is 84.6 Å². The van der Waals surface area contributed by atoms with E-state index in [1.165, 1.54) is 44.9 Å². The Morgan fingerprint density at radius 2 is 2.08 bits per heavy atom. The molecule has 0 radical (unpaired) electrons. The molecule has 26 heavy (non-hydrogen) atoms. The van der Waals surface area contributed by atoms with Gasteiger partial charge in [-0.1, -0.05) is 37.3 Å². The summed E-state index contributed by atoms with van der Waals surface area (Å²) in [6.45, 7) is 7.84. The summed E-state index contributed by atoms with van der Waals surface area (Å²) in [6, 6.07) is 0.457. The van der Waals surface area contributed by atoms with Crippen molar-refractivity contribution in [2.75, 3.05) is 13.1 Å². The van der Waals surface area contributed by atoms with Crippen molar-refractivity contribution in [1.82, 2.24) is 20.8 Å². The van der Waals surface area contributed by atoms with E-state index in [0.29, 0.717) is 17.8 Å². The van der Waals surface area contributed by atoms with E-state index in [-0.39, 0.29) is 24.0 Å². The lowest BCUT2D eigenvalue weighted by atomic mass is 9.85. The molecule has 0 amide bonds. The lowest BCUT2D eigenvalue weighted by molar-refractivity contribution is 0.322. The Morgan fingerprint density at radius 1 is 1.31 bits per heavy atom. The molecule has 1 heterocycles. The average Bonchev–Trinajstić information content (AvgIpc) is 3.03. The van der Waals surface area contributed by atoms with Gasteiger partial charge < -0.3 is 15.2 Å². The molecule has 1 fully saturated rings. The standard InChI is InChI=1S/C19H35N5O.HI/c1-4-20-19(21-14-8-11-18-23-16(3)24-25-18)22-15(2)12-13-17-9-6-5-7-10-17;/h15,17H,4-14H2,1-3H3,(H2,20,21,22);1H. The fourth-order valence-corrected chi connectivity index (χ4v) is 3.45. The van der Waals surface area contributed by atoms with Gasteiger partial charge in [0.05, 0.1) is 0 Å². The normalized spacial score (nSPS) is 16.8. The molecule has 1 atom stereocenters. The minimum Gasteiger partial charge on any atom is -0.357 e. The van der Waals surface area contributed by atoms with E-state index in [1.807, 2.05) is 6.92 Å². The van der Waals surface area contributed by atoms with Gasteiger partial charge in [-0.3, -0.25) is 4.99 Å². The minimum atomic E-state index is 0. The fourth-order valence-electron chi connectivity index (χ4n) is 3.45. The van der Waals surface area contributed by atoms with Crippen LogP contribution in [0.15, 0.2) is 9.52 Å². The van der Waals surface area contributed by atoms with Crippen LogP contribution in [0.3, 0.4) is 0 Å². The third-order valence-electron chi connectivity index (χ3n) is 4.85. The van der Waals surface area contributed by atoms with Gasteiger partial charge >= 0.3 is 0 Å². The minimum absolute atomic E-state index is 0. The van der Waals surface area contributed by atoms with Crippen LogP contribution in [0, 0.1) is 12.8 Å². The van der Waals surface area contributed by atoms with Gasteiger partial charge in [0.2, 0.25) is 5.89 Å². The number of hydrogen-bond acceptors (Lipinski definition) is 4. The van der Waals surface area contributed by atoms with Gasteiger partial charge in [-0.25, -0.2) is 0 Å². The van der Waals surface area contributed by atoms with Gasteiger partial charge in [0, 0.05) is 25.6 Å². The summed E-state index contributed by atoms with van der Waals surface area (Å²) in [5, 5.41) is 10.7. The summed E-state index contributed by atoms with van der Waals surface area (Å²) >= 11 is 0. The maximum atomic E-state index is 5.13. The molecule has 150 valence electrons. The maximum absolute atomic E-state index is 5.13. The zero-order valence-electron chi connectivity index (χ0n) is 16.6. The van der Waals surface area contributed by atoms with Crippen molar-refractivity contribution < 1.29 is 4.52 Å². The molecule has 1 unspecified atom stereocenters. The van der Waals surface area contributed by atoms with Gasteiger partial charge in [-0.05, 0) is 46.0 Å². The number of aromatic nitrogens is 2. The fraction of sp³-hybridized carbons (Fsp3) is 0.842. The number of rotatable bonds is 9. The summed E-state index contributed by atoms with van der Waals surface area (Å²) in [7, 11) is 0. The van der Waals surface area contributed by atoms with E-state index in [1.54, 1.807) is 0 Å². The molecule has 1 aromatic heterocycles. The number of aliphatic imine (C=N–C) groups is 1. The highest BCUT2D eigenvalue weighted by molar-refractivity contribution is 14.0. The molecule has 1 saturated carbocycles. The highest BCUT2D eigenvalue weighted by Gasteiger charge is 2.15. The molecule has 6 nitrogen and oxygen atoms in total. The van der Waals surface area contributed by atoms with Crippen LogP contribution in [0.4, 0.5) is 0 Å². The molecule has 1 aliphatic rings. The summed E-state index contributed by atoms with van der Waals surface area (Å²) in [5.74, 6) is 3.25. The maximum Gasteiger partial charge on any atom is 0.226 e. The van der Waals surface area contributed by atoms with Crippen LogP contribution in [0.1, 0.15) is 76.9 Å². The highest BCUT2D eigenvalue weighted by Crippen LogP contribution is 2.27. The van der Waals surface area contributed by atoms with Crippen LogP contribution in [-0.2, 0) is 6.42 Å². The molecular formula is C19H36IN5O. The second-order valence-electron chi connectivity index (χ2n) is 7.23. The Labute approximate surface area is 175 Å². The monoisotopic (exact) mass is 477 g/mol. The Balaban J connectivity index is 0.00000338. The number of nitrogens with zero attached hydrogens (tertiary/aromatic N) is 3. The van der Waals surface area contributed by atoms with Crippen LogP contribution in [0.2, 0.25) is 0 Å². The van der Waals surface area contributed by atoms with E-state index in [4.69, 9.17) is 4.52 Å². The Morgan fingerprint density at radius 3 is 2.73 bits per heavy atom. The van der Waals surface area contributed by atoms with Crippen molar-refractivity contribution in [2.24, 2.45) is 10.9 Å². The van der Waals surface area contributed by atoms with Gasteiger partial charge in [0.25, 0.3) is 0 Å². The molecule has 7 heteroatoms. The number of guanidine groups is 1. The van der Waals surface area contributed by atoms with Crippen LogP contribution in [-0.4, -0.2) is 35.2 Å². The van der Waals surface area contributed by atoms with Crippen LogP contribution in [0.25, 0.3) is 0 Å². The zero-order valence-corrected chi connectivity index (χ0v) is 18.9. The first-order valence-corrected chi connectivity index (χ1v) is 10.0. The number of hydrogen-bond donors (Lipinski definition) is 2. The van der Waals surface area contributed by atoms with E-state index < -0.39 is 0 Å². The predicted molar refractivity (Wildman–Crippen MR) is 117 cm³/mol. The first-order chi connectivity index (χ1) is 12.2. The Kier molecular flexibility index (Phi) is 11.9. The largest absolute Gasteiger partial charge is 0.357 e. The smallest absolute Gasteiger partial charge is 0.226 e. The van der Waals surface area contributed by atoms with E-state index >= 15 is 0 Å². The molecule has 0 aromatic carbocycles. The van der Waals surface area contributed by atoms with Gasteiger partial charge in [-0.15, -0.1) is 24.0 Å². The van der Waals surface area contributed by atoms with Crippen LogP contribution >= 0.6 is 24.0 Å². The lowest BCUT2D eigenvalue weighted by Gasteiger charge is -2.24. The molecule has 2 N–H and O–H groups in total. The summed E-state index contributed by atoms with van der Waals surface area (Å²) in [4.78, 5) is 8.90. The average molecular weight is 477 g/mol. The zero-order chi connectivity index (χ0) is 17.9. The molecule has 2 rings (SSSR count). The van der Waals surface area contributed by atoms with Crippen LogP contribution in [0.5, 0.6) is 0 Å². The van der Waals surface area contributed by atoms with E-state index in [9.17, 15) is 0 Å². The van der Waals surface area contributed by atoms with Gasteiger partial charge in [-0.2, -0.15) is 4.98 Å². The Hall–Kier alpha value is -0.860. The number of aryl methyl sites for hydroxylation is 2. The molecule has 0 spiro atoms. The predicted octanol–water partition coefficient (Wildman–Crippen LogP) is 4.23. The quantitative estimate of drug-likeness (QED) is 0.241. The van der Waals surface area contributed by atoms with Gasteiger partial charge in [0.15, 0.2) is 11.8 Å². The van der Waals surface area contributed by atoms with Crippen molar-refractivity contribution in [3.63, 3.8) is 0 Å². The first kappa shape index (κ1) is 23.2. The van der Waals surface area contributed by atoms with Crippen molar-refractivity contribution in [3.8, 4) is 0 Å². The summed E-state index contributed by atoms with van der Waals surface area (Å²) < 4.78 is 5.13. The Bertz CT molecular complexity index is 514. The van der Waals surface area contributed by atoms with Crippen molar-refractivity contribution in [3.05, 3.63) is 11.7 Å². The molecule has 0 aliphatic heterocycles. The molecular weight excluding hydrogens is 441 g/mol. The molecule has 0 bridgehead atoms. The van der Waals surface area contributed by atoms with E-state index in [2.05, 4.69) is 39.6 Å². The van der Waals surface area contributed by atoms with Crippen molar-refractivity contribution in [1.29, 1.82) is 0 Å². The first-order valence-electron chi connectivity index (χ1n) is 10.0. The topological polar surface area (TPSA) is 75.3 Å². The molecule has 0 saturated heterocycles. The number of nitrogens with one attached hydrogen (secondary N) is 2. The van der Waals surface area contributed by atoms with E-state index in [0.717, 1.165) is 37.8 Å². The third kappa shape index (κ3) is 9.19. The SMILES string of the molecule is CCNC(=NCCCc1nc(C)no1)NC(C)CCC1CCCCC1.I. The van der Waals surface area contributed by atoms with Gasteiger partial charge in [0.1, 0.15) is 0 Å². The second-order valence-corrected chi connectivity index (χ2v) is 7.23. The molecule has 1 aliphatic carbocycles. The number of halogens is 1. The molecule has 1 aromatic rings.